The maximum atomic E-state index is 13.6. The van der Waals surface area contributed by atoms with E-state index >= 15 is 0 Å². The number of carbonyl (C=O) groups is 2. The number of rotatable bonds is 13. The molecular formula is C25H36N5O9P. The Labute approximate surface area is 232 Å². The third kappa shape index (κ3) is 8.95. The molecule has 1 saturated heterocycles. The largest absolute Gasteiger partial charge is 0.462 e. The van der Waals surface area contributed by atoms with Crippen molar-refractivity contribution in [2.24, 2.45) is 0 Å². The van der Waals surface area contributed by atoms with Crippen LogP contribution in [0.5, 0.6) is 5.75 Å². The van der Waals surface area contributed by atoms with Gasteiger partial charge in [0.25, 0.3) is 0 Å². The summed E-state index contributed by atoms with van der Waals surface area (Å²) in [6.45, 7) is 6.22. The number of para-hydroxylation sites is 1. The smallest absolute Gasteiger partial charge is 0.459 e. The molecule has 2 N–H and O–H groups in total. The summed E-state index contributed by atoms with van der Waals surface area (Å²) in [4.78, 5) is 42.8. The van der Waals surface area contributed by atoms with Gasteiger partial charge in [0.05, 0.1) is 18.8 Å². The summed E-state index contributed by atoms with van der Waals surface area (Å²) in [6.07, 6.45) is -0.796. The Morgan fingerprint density at radius 2 is 1.88 bits per heavy atom. The van der Waals surface area contributed by atoms with Crippen LogP contribution in [0.3, 0.4) is 0 Å². The summed E-state index contributed by atoms with van der Waals surface area (Å²) >= 11 is 0. The second-order valence-electron chi connectivity index (χ2n) is 9.52. The van der Waals surface area contributed by atoms with Gasteiger partial charge in [-0.25, -0.2) is 9.36 Å². The number of nitrogens with one attached hydrogen (secondary N) is 2. The quantitative estimate of drug-likeness (QED) is 0.263. The number of hydrogen-bond donors (Lipinski definition) is 2. The lowest BCUT2D eigenvalue weighted by atomic mass is 10.3. The van der Waals surface area contributed by atoms with Crippen molar-refractivity contribution in [2.45, 2.75) is 58.4 Å². The number of benzene rings is 1. The summed E-state index contributed by atoms with van der Waals surface area (Å²) in [7, 11) is -0.597. The lowest BCUT2D eigenvalue weighted by molar-refractivity contribution is -0.149. The molecule has 15 heteroatoms. The van der Waals surface area contributed by atoms with Gasteiger partial charge in [-0.05, 0) is 60.0 Å². The van der Waals surface area contributed by atoms with Gasteiger partial charge in [0, 0.05) is 6.20 Å². The first-order chi connectivity index (χ1) is 18.9. The predicted octanol–water partition coefficient (Wildman–Crippen LogP) is 2.14. The molecule has 2 aromatic rings. The molecule has 0 aliphatic carbocycles. The van der Waals surface area contributed by atoms with Crippen molar-refractivity contribution in [3.8, 4) is 5.75 Å². The van der Waals surface area contributed by atoms with E-state index in [4.69, 9.17) is 23.3 Å². The number of carbonyl (C=O) groups excluding carboxylic acids is 2. The van der Waals surface area contributed by atoms with E-state index in [0.717, 1.165) is 0 Å². The van der Waals surface area contributed by atoms with Crippen LogP contribution in [-0.4, -0.2) is 78.1 Å². The molecule has 3 rings (SSSR count). The van der Waals surface area contributed by atoms with Crippen molar-refractivity contribution >= 4 is 25.4 Å². The van der Waals surface area contributed by atoms with E-state index in [0.29, 0.717) is 0 Å². The van der Waals surface area contributed by atoms with Crippen LogP contribution in [0.2, 0.25) is 0 Å². The molecule has 0 saturated carbocycles. The third-order valence-corrected chi connectivity index (χ3v) is 7.33. The van der Waals surface area contributed by atoms with Crippen molar-refractivity contribution < 1.29 is 37.4 Å². The molecule has 1 aromatic carbocycles. The van der Waals surface area contributed by atoms with Crippen molar-refractivity contribution in [3.05, 3.63) is 53.1 Å². The summed E-state index contributed by atoms with van der Waals surface area (Å²) in [5, 5.41) is 5.18. The number of nitrogens with zero attached hydrogens (tertiary/aromatic N) is 3. The zero-order chi connectivity index (χ0) is 29.4. The lowest BCUT2D eigenvalue weighted by Crippen LogP contribution is -2.38. The number of esters is 1. The standard InChI is InChI=1S/C25H36N5O9P/c1-16(2)37-24(32)17(3)28-40(34,39-19-10-8-7-9-11-19)36-15-22-35-14-21(38-22)30-13-12-20(27-25(30)33)26-23(31)18(4)29(5)6/h7-13,16-18,21-22H,14-15H2,1-6H3,(H,28,34)(H,26,27,31,33)/t17-,18?,21-,22-,40?/m0/s1. The molecule has 0 bridgehead atoms. The molecule has 14 nitrogen and oxygen atoms in total. The Morgan fingerprint density at radius 1 is 1.18 bits per heavy atom. The van der Waals surface area contributed by atoms with Gasteiger partial charge in [-0.3, -0.25) is 23.6 Å². The highest BCUT2D eigenvalue weighted by Crippen LogP contribution is 2.45. The van der Waals surface area contributed by atoms with E-state index < -0.39 is 44.0 Å². The number of hydrogen-bond acceptors (Lipinski definition) is 11. The van der Waals surface area contributed by atoms with Crippen molar-refractivity contribution in [2.75, 3.05) is 32.6 Å². The van der Waals surface area contributed by atoms with Crippen LogP contribution in [0.1, 0.15) is 33.9 Å². The average molecular weight is 582 g/mol. The molecule has 0 spiro atoms. The fourth-order valence-corrected chi connectivity index (χ4v) is 4.81. The minimum atomic E-state index is -4.12. The maximum Gasteiger partial charge on any atom is 0.459 e. The van der Waals surface area contributed by atoms with Gasteiger partial charge in [0.1, 0.15) is 24.2 Å². The van der Waals surface area contributed by atoms with Crippen molar-refractivity contribution in [1.82, 2.24) is 19.5 Å². The average Bonchev–Trinajstić information content (AvgIpc) is 3.36. The van der Waals surface area contributed by atoms with Crippen LogP contribution in [0.15, 0.2) is 47.4 Å². The first-order valence-electron chi connectivity index (χ1n) is 12.7. The predicted molar refractivity (Wildman–Crippen MR) is 145 cm³/mol. The fraction of sp³-hybridized carbons (Fsp3) is 0.520. The van der Waals surface area contributed by atoms with Gasteiger partial charge in [0.2, 0.25) is 5.91 Å². The Morgan fingerprint density at radius 3 is 2.50 bits per heavy atom. The molecular weight excluding hydrogens is 545 g/mol. The van der Waals surface area contributed by atoms with E-state index in [2.05, 4.69) is 15.4 Å². The molecule has 5 atom stereocenters. The van der Waals surface area contributed by atoms with Gasteiger partial charge >= 0.3 is 19.4 Å². The van der Waals surface area contributed by atoms with Gasteiger partial charge < -0.3 is 24.1 Å². The molecule has 2 unspecified atom stereocenters. The summed E-state index contributed by atoms with van der Waals surface area (Å²) in [5.74, 6) is -0.589. The number of likely N-dealkylation sites (N-methyl/N-ethyl adjacent to an activating group) is 1. The van der Waals surface area contributed by atoms with Crippen LogP contribution in [0.4, 0.5) is 5.82 Å². The normalized spacial score (nSPS) is 20.1. The Kier molecular flexibility index (Phi) is 11.0. The lowest BCUT2D eigenvalue weighted by Gasteiger charge is -2.24. The minimum absolute atomic E-state index is 0.0205. The van der Waals surface area contributed by atoms with Gasteiger partial charge in [0.15, 0.2) is 12.5 Å². The number of anilines is 1. The highest BCUT2D eigenvalue weighted by Gasteiger charge is 2.36. The highest BCUT2D eigenvalue weighted by molar-refractivity contribution is 7.52. The highest BCUT2D eigenvalue weighted by atomic mass is 31.2. The van der Waals surface area contributed by atoms with E-state index in [1.54, 1.807) is 70.1 Å². The number of ether oxygens (including phenoxy) is 3. The second kappa shape index (κ2) is 14.0. The topological polar surface area (TPSA) is 160 Å². The summed E-state index contributed by atoms with van der Waals surface area (Å²) < 4.78 is 42.4. The molecule has 1 aliphatic rings. The molecule has 1 fully saturated rings. The first-order valence-corrected chi connectivity index (χ1v) is 14.2. The monoisotopic (exact) mass is 581 g/mol. The van der Waals surface area contributed by atoms with Crippen LogP contribution >= 0.6 is 7.75 Å². The molecule has 1 aliphatic heterocycles. The molecule has 1 aromatic heterocycles. The SMILES string of the molecule is CC(C)OC(=O)[C@H](C)NP(=O)(OC[C@H]1OC[C@@H](n2ccc(NC(=O)C(C)N(C)C)nc2=O)O1)Oc1ccccc1. The van der Waals surface area contributed by atoms with Crippen molar-refractivity contribution in [3.63, 3.8) is 0 Å². The minimum Gasteiger partial charge on any atom is -0.462 e. The van der Waals surface area contributed by atoms with Gasteiger partial charge in [-0.2, -0.15) is 10.1 Å². The zero-order valence-corrected chi connectivity index (χ0v) is 24.2. The van der Waals surface area contributed by atoms with Crippen molar-refractivity contribution in [1.29, 1.82) is 0 Å². The van der Waals surface area contributed by atoms with E-state index in [1.165, 1.54) is 23.8 Å². The van der Waals surface area contributed by atoms with Gasteiger partial charge in [-0.15, -0.1) is 0 Å². The van der Waals surface area contributed by atoms with E-state index in [1.807, 2.05) is 0 Å². The fourth-order valence-electron chi connectivity index (χ4n) is 3.34. The van der Waals surface area contributed by atoms with Crippen LogP contribution < -0.4 is 20.6 Å². The second-order valence-corrected chi connectivity index (χ2v) is 11.2. The zero-order valence-electron chi connectivity index (χ0n) is 23.3. The third-order valence-electron chi connectivity index (χ3n) is 5.69. The van der Waals surface area contributed by atoms with E-state index in [9.17, 15) is 18.9 Å². The Hall–Kier alpha value is -3.13. The maximum absolute atomic E-state index is 13.6. The molecule has 0 radical (unpaired) electrons. The summed E-state index contributed by atoms with van der Waals surface area (Å²) in [6, 6.07) is 8.34. The molecule has 40 heavy (non-hydrogen) atoms. The molecule has 2 heterocycles. The Bertz CT molecular complexity index is 1260. The number of aromatic nitrogens is 2. The summed E-state index contributed by atoms with van der Waals surface area (Å²) in [5.41, 5.74) is -0.664. The van der Waals surface area contributed by atoms with Gasteiger partial charge in [-0.1, -0.05) is 18.2 Å². The number of amides is 1. The molecule has 220 valence electrons. The van der Waals surface area contributed by atoms with Crippen LogP contribution in [0.25, 0.3) is 0 Å². The first kappa shape index (κ1) is 31.4. The Balaban J connectivity index is 1.64. The molecule has 1 amide bonds. The van der Waals surface area contributed by atoms with Crippen LogP contribution in [-0.2, 0) is 32.9 Å². The van der Waals surface area contributed by atoms with E-state index in [-0.39, 0.29) is 36.8 Å². The van der Waals surface area contributed by atoms with Crippen LogP contribution in [0, 0.1) is 0 Å².